The number of nitrogens with zero attached hydrogens (tertiary/aromatic N) is 1. The lowest BCUT2D eigenvalue weighted by Crippen LogP contribution is -2.34. The second kappa shape index (κ2) is 4.18. The molecule has 0 bridgehead atoms. The Morgan fingerprint density at radius 3 is 2.83 bits per heavy atom. The second-order valence-electron chi connectivity index (χ2n) is 2.12. The first-order chi connectivity index (χ1) is 5.74. The van der Waals surface area contributed by atoms with Gasteiger partial charge in [-0.3, -0.25) is 5.41 Å². The zero-order chi connectivity index (χ0) is 8.97. The van der Waals surface area contributed by atoms with Crippen molar-refractivity contribution in [3.8, 4) is 0 Å². The summed E-state index contributed by atoms with van der Waals surface area (Å²) in [5, 5.41) is 7.47. The van der Waals surface area contributed by atoms with Gasteiger partial charge in [-0.2, -0.15) is 0 Å². The zero-order valence-corrected chi connectivity index (χ0v) is 8.14. The molecular formula is C7H9BrN4. The molecule has 1 heterocycles. The van der Waals surface area contributed by atoms with Crippen LogP contribution in [0.4, 0.5) is 0 Å². The van der Waals surface area contributed by atoms with Crippen LogP contribution in [0.2, 0.25) is 0 Å². The molecule has 0 amide bonds. The Labute approximate surface area is 79.0 Å². The maximum atomic E-state index is 7.47. The highest BCUT2D eigenvalue weighted by Gasteiger charge is 1.98. The van der Waals surface area contributed by atoms with Gasteiger partial charge < -0.3 is 5.43 Å². The van der Waals surface area contributed by atoms with Crippen molar-refractivity contribution in [2.75, 3.05) is 7.05 Å². The van der Waals surface area contributed by atoms with Crippen LogP contribution in [0.1, 0.15) is 5.56 Å². The first-order valence-electron chi connectivity index (χ1n) is 3.37. The van der Waals surface area contributed by atoms with Gasteiger partial charge in [0.25, 0.3) is 0 Å². The van der Waals surface area contributed by atoms with Gasteiger partial charge in [-0.05, 0) is 28.1 Å². The summed E-state index contributed by atoms with van der Waals surface area (Å²) in [6.07, 6.45) is 1.62. The Kier molecular flexibility index (Phi) is 3.19. The molecule has 0 fully saturated rings. The number of pyridine rings is 1. The van der Waals surface area contributed by atoms with E-state index in [4.69, 9.17) is 5.41 Å². The average molecular weight is 229 g/mol. The molecule has 4 nitrogen and oxygen atoms in total. The normalized spacial score (nSPS) is 9.50. The predicted molar refractivity (Wildman–Crippen MR) is 51.0 cm³/mol. The van der Waals surface area contributed by atoms with Gasteiger partial charge in [-0.1, -0.05) is 0 Å². The van der Waals surface area contributed by atoms with Crippen LogP contribution < -0.4 is 10.9 Å². The van der Waals surface area contributed by atoms with Crippen LogP contribution in [0.3, 0.4) is 0 Å². The smallest absolute Gasteiger partial charge is 0.141 e. The number of hydrogen-bond donors (Lipinski definition) is 3. The van der Waals surface area contributed by atoms with Crippen molar-refractivity contribution >= 4 is 21.8 Å². The summed E-state index contributed by atoms with van der Waals surface area (Å²) in [7, 11) is 1.71. The Balaban J connectivity index is 2.75. The molecule has 3 N–H and O–H groups in total. The van der Waals surface area contributed by atoms with Gasteiger partial charge in [-0.25, -0.2) is 10.4 Å². The van der Waals surface area contributed by atoms with Crippen LogP contribution in [0.5, 0.6) is 0 Å². The molecule has 0 radical (unpaired) electrons. The first-order valence-corrected chi connectivity index (χ1v) is 4.16. The molecule has 0 aliphatic carbocycles. The number of nitrogens with one attached hydrogen (secondary N) is 3. The predicted octanol–water partition coefficient (Wildman–Crippen LogP) is 0.893. The lowest BCUT2D eigenvalue weighted by atomic mass is 10.3. The number of hydrazine groups is 1. The summed E-state index contributed by atoms with van der Waals surface area (Å²) < 4.78 is 0.767. The molecule has 64 valence electrons. The summed E-state index contributed by atoms with van der Waals surface area (Å²) in [6, 6.07) is 3.60. The number of halogens is 1. The van der Waals surface area contributed by atoms with Crippen LogP contribution in [-0.2, 0) is 0 Å². The van der Waals surface area contributed by atoms with Gasteiger partial charge in [0.1, 0.15) is 10.4 Å². The van der Waals surface area contributed by atoms with E-state index in [9.17, 15) is 0 Å². The zero-order valence-electron chi connectivity index (χ0n) is 6.56. The lowest BCUT2D eigenvalue weighted by molar-refractivity contribution is 0.764. The molecule has 1 aromatic rings. The summed E-state index contributed by atoms with van der Waals surface area (Å²) in [5.74, 6) is 0.303. The van der Waals surface area contributed by atoms with E-state index in [1.165, 1.54) is 0 Å². The molecule has 12 heavy (non-hydrogen) atoms. The molecule has 1 rings (SSSR count). The SMILES string of the molecule is CNNC(=N)c1ccc(Br)nc1. The molecule has 0 aromatic carbocycles. The molecular weight excluding hydrogens is 220 g/mol. The molecule has 0 saturated heterocycles. The van der Waals surface area contributed by atoms with E-state index in [0.29, 0.717) is 5.84 Å². The second-order valence-corrected chi connectivity index (χ2v) is 2.93. The maximum Gasteiger partial charge on any atom is 0.141 e. The van der Waals surface area contributed by atoms with E-state index in [1.807, 2.05) is 6.07 Å². The highest BCUT2D eigenvalue weighted by Crippen LogP contribution is 2.05. The quantitative estimate of drug-likeness (QED) is 0.305. The lowest BCUT2D eigenvalue weighted by Gasteiger charge is -2.04. The number of amidine groups is 1. The fourth-order valence-corrected chi connectivity index (χ4v) is 0.955. The van der Waals surface area contributed by atoms with Gasteiger partial charge >= 0.3 is 0 Å². The average Bonchev–Trinajstić information content (AvgIpc) is 2.06. The summed E-state index contributed by atoms with van der Waals surface area (Å²) in [4.78, 5) is 3.99. The van der Waals surface area contributed by atoms with Gasteiger partial charge in [0.05, 0.1) is 0 Å². The van der Waals surface area contributed by atoms with E-state index in [-0.39, 0.29) is 0 Å². The third kappa shape index (κ3) is 2.28. The van der Waals surface area contributed by atoms with Crippen LogP contribution in [0.15, 0.2) is 22.9 Å². The molecule has 0 atom stereocenters. The monoisotopic (exact) mass is 228 g/mol. The van der Waals surface area contributed by atoms with Crippen molar-refractivity contribution in [1.82, 2.24) is 15.8 Å². The van der Waals surface area contributed by atoms with Crippen molar-refractivity contribution < 1.29 is 0 Å². The van der Waals surface area contributed by atoms with Crippen molar-refractivity contribution in [2.24, 2.45) is 0 Å². The minimum atomic E-state index is 0.303. The molecule has 1 aromatic heterocycles. The van der Waals surface area contributed by atoms with E-state index in [0.717, 1.165) is 10.2 Å². The van der Waals surface area contributed by atoms with Crippen molar-refractivity contribution in [2.45, 2.75) is 0 Å². The Hall–Kier alpha value is -0.940. The van der Waals surface area contributed by atoms with Crippen LogP contribution in [0, 0.1) is 5.41 Å². The third-order valence-electron chi connectivity index (χ3n) is 1.27. The minimum Gasteiger partial charge on any atom is -0.306 e. The molecule has 0 spiro atoms. The Bertz CT molecular complexity index is 269. The van der Waals surface area contributed by atoms with E-state index in [2.05, 4.69) is 31.8 Å². The van der Waals surface area contributed by atoms with Crippen molar-refractivity contribution in [3.63, 3.8) is 0 Å². The molecule has 0 unspecified atom stereocenters. The standard InChI is InChI=1S/C7H9BrN4/c1-10-12-7(9)5-2-3-6(8)11-4-5/h2-4,10H,1H3,(H2,9,12). The van der Waals surface area contributed by atoms with E-state index in [1.54, 1.807) is 19.3 Å². The van der Waals surface area contributed by atoms with E-state index >= 15 is 0 Å². The van der Waals surface area contributed by atoms with E-state index < -0.39 is 0 Å². The number of aromatic nitrogens is 1. The van der Waals surface area contributed by atoms with Crippen LogP contribution >= 0.6 is 15.9 Å². The highest BCUT2D eigenvalue weighted by atomic mass is 79.9. The third-order valence-corrected chi connectivity index (χ3v) is 1.74. The maximum absolute atomic E-state index is 7.47. The molecule has 5 heteroatoms. The van der Waals surface area contributed by atoms with Gasteiger partial charge in [-0.15, -0.1) is 0 Å². The highest BCUT2D eigenvalue weighted by molar-refractivity contribution is 9.10. The fraction of sp³-hybridized carbons (Fsp3) is 0.143. The Morgan fingerprint density at radius 2 is 2.33 bits per heavy atom. The minimum absolute atomic E-state index is 0.303. The van der Waals surface area contributed by atoms with Crippen molar-refractivity contribution in [1.29, 1.82) is 5.41 Å². The molecule has 0 aliphatic heterocycles. The van der Waals surface area contributed by atoms with Gasteiger partial charge in [0.2, 0.25) is 0 Å². The number of rotatable bonds is 2. The topological polar surface area (TPSA) is 60.8 Å². The molecule has 0 aliphatic rings. The largest absolute Gasteiger partial charge is 0.306 e. The van der Waals surface area contributed by atoms with Gasteiger partial charge in [0, 0.05) is 18.8 Å². The molecule has 0 saturated carbocycles. The fourth-order valence-electron chi connectivity index (χ4n) is 0.721. The summed E-state index contributed by atoms with van der Waals surface area (Å²) in [5.41, 5.74) is 6.07. The van der Waals surface area contributed by atoms with Crippen molar-refractivity contribution in [3.05, 3.63) is 28.5 Å². The Morgan fingerprint density at radius 1 is 1.58 bits per heavy atom. The first kappa shape index (κ1) is 9.15. The van der Waals surface area contributed by atoms with Crippen LogP contribution in [0.25, 0.3) is 0 Å². The summed E-state index contributed by atoms with van der Waals surface area (Å²) >= 11 is 3.22. The van der Waals surface area contributed by atoms with Crippen LogP contribution in [-0.4, -0.2) is 17.9 Å². The van der Waals surface area contributed by atoms with Gasteiger partial charge in [0.15, 0.2) is 0 Å². The number of hydrogen-bond acceptors (Lipinski definition) is 3. The summed E-state index contributed by atoms with van der Waals surface area (Å²) in [6.45, 7) is 0.